The molecule has 0 spiro atoms. The molecule has 0 N–H and O–H groups in total. The Labute approximate surface area is 146 Å². The molecular weight excluding hydrogens is 328 g/mol. The van der Waals surface area contributed by atoms with Crippen molar-refractivity contribution in [2.24, 2.45) is 0 Å². The van der Waals surface area contributed by atoms with Crippen LogP contribution in [0.4, 0.5) is 0 Å². The molecule has 1 fully saturated rings. The number of hydrogen-bond donors (Lipinski definition) is 0. The summed E-state index contributed by atoms with van der Waals surface area (Å²) in [5.74, 6) is 1.42. The largest absolute Gasteiger partial charge is 0.441 e. The third-order valence-corrected chi connectivity index (χ3v) is 4.62. The zero-order valence-corrected chi connectivity index (χ0v) is 14.5. The molecule has 24 heavy (non-hydrogen) atoms. The molecule has 6 heteroatoms. The molecule has 1 aromatic carbocycles. The maximum absolute atomic E-state index is 12.3. The van der Waals surface area contributed by atoms with E-state index in [9.17, 15) is 4.79 Å². The number of carbonyl (C=O) groups excluding carboxylic acids is 1. The zero-order valence-electron chi connectivity index (χ0n) is 13.7. The molecule has 1 aromatic heterocycles. The highest BCUT2D eigenvalue weighted by atomic mass is 35.5. The number of methoxy groups -OCH3 is 1. The second-order valence-corrected chi connectivity index (χ2v) is 6.38. The van der Waals surface area contributed by atoms with Crippen LogP contribution < -0.4 is 0 Å². The number of oxazole rings is 1. The molecule has 3 rings (SSSR count). The number of carbonyl (C=O) groups is 1. The van der Waals surface area contributed by atoms with Gasteiger partial charge >= 0.3 is 0 Å². The Morgan fingerprint density at radius 2 is 2.04 bits per heavy atom. The van der Waals surface area contributed by atoms with E-state index in [-0.39, 0.29) is 12.0 Å². The van der Waals surface area contributed by atoms with E-state index in [1.165, 1.54) is 0 Å². The zero-order chi connectivity index (χ0) is 16.9. The summed E-state index contributed by atoms with van der Waals surface area (Å²) in [7, 11) is 1.73. The third-order valence-electron chi connectivity index (χ3n) is 4.36. The number of aryl methyl sites for hydroxylation is 1. The van der Waals surface area contributed by atoms with Crippen LogP contribution in [0.25, 0.3) is 11.3 Å². The molecule has 0 aliphatic carbocycles. The van der Waals surface area contributed by atoms with Crippen LogP contribution >= 0.6 is 11.6 Å². The van der Waals surface area contributed by atoms with Gasteiger partial charge in [-0.15, -0.1) is 0 Å². The van der Waals surface area contributed by atoms with Crippen molar-refractivity contribution < 1.29 is 13.9 Å². The minimum atomic E-state index is 0.149. The van der Waals surface area contributed by atoms with Gasteiger partial charge in [0.05, 0.1) is 12.3 Å². The molecule has 5 nitrogen and oxygen atoms in total. The molecule has 2 aromatic rings. The van der Waals surface area contributed by atoms with E-state index in [0.717, 1.165) is 31.5 Å². The Bertz CT molecular complexity index is 676. The molecule has 128 valence electrons. The second kappa shape index (κ2) is 7.81. The normalized spacial score (nSPS) is 15.7. The maximum Gasteiger partial charge on any atom is 0.223 e. The lowest BCUT2D eigenvalue weighted by Gasteiger charge is -2.31. The standard InChI is InChI=1S/C18H21ClN2O3/c1-23-15-8-10-21(11-9-15)18(22)7-6-17-20-12-16(24-17)13-2-4-14(19)5-3-13/h2-5,12,15H,6-11H2,1H3. The number of halogens is 1. The lowest BCUT2D eigenvalue weighted by Crippen LogP contribution is -2.40. The van der Waals surface area contributed by atoms with Crippen LogP contribution in [0.1, 0.15) is 25.2 Å². The molecular formula is C18H21ClN2O3. The number of hydrogen-bond acceptors (Lipinski definition) is 4. The Morgan fingerprint density at radius 3 is 2.71 bits per heavy atom. The summed E-state index contributed by atoms with van der Waals surface area (Å²) in [5, 5.41) is 0.682. The first kappa shape index (κ1) is 17.0. The smallest absolute Gasteiger partial charge is 0.223 e. The van der Waals surface area contributed by atoms with Crippen LogP contribution in [0.15, 0.2) is 34.9 Å². The second-order valence-electron chi connectivity index (χ2n) is 5.94. The van der Waals surface area contributed by atoms with Gasteiger partial charge in [0.2, 0.25) is 5.91 Å². The number of ether oxygens (including phenoxy) is 1. The molecule has 1 aliphatic rings. The van der Waals surface area contributed by atoms with Gasteiger partial charge in [0, 0.05) is 43.6 Å². The molecule has 1 aliphatic heterocycles. The van der Waals surface area contributed by atoms with Gasteiger partial charge in [0.1, 0.15) is 0 Å². The summed E-state index contributed by atoms with van der Waals surface area (Å²) >= 11 is 5.88. The summed E-state index contributed by atoms with van der Waals surface area (Å²) in [4.78, 5) is 18.5. The fourth-order valence-corrected chi connectivity index (χ4v) is 3.01. The number of rotatable bonds is 5. The van der Waals surface area contributed by atoms with E-state index in [1.807, 2.05) is 29.2 Å². The minimum absolute atomic E-state index is 0.149. The van der Waals surface area contributed by atoms with Gasteiger partial charge in [-0.1, -0.05) is 11.6 Å². The van der Waals surface area contributed by atoms with Crippen molar-refractivity contribution >= 4 is 17.5 Å². The first-order chi connectivity index (χ1) is 11.7. The molecule has 0 atom stereocenters. The van der Waals surface area contributed by atoms with Gasteiger partial charge in [-0.2, -0.15) is 0 Å². The van der Waals surface area contributed by atoms with Crippen LogP contribution in [-0.4, -0.2) is 42.1 Å². The SMILES string of the molecule is COC1CCN(C(=O)CCc2ncc(-c3ccc(Cl)cc3)o2)CC1. The van der Waals surface area contributed by atoms with E-state index in [4.69, 9.17) is 20.8 Å². The molecule has 1 amide bonds. The summed E-state index contributed by atoms with van der Waals surface area (Å²) in [5.41, 5.74) is 0.922. The Balaban J connectivity index is 1.52. The van der Waals surface area contributed by atoms with E-state index in [0.29, 0.717) is 29.5 Å². The fraction of sp³-hybridized carbons (Fsp3) is 0.444. The van der Waals surface area contributed by atoms with Crippen molar-refractivity contribution in [1.82, 2.24) is 9.88 Å². The van der Waals surface area contributed by atoms with Crippen LogP contribution in [0.2, 0.25) is 5.02 Å². The maximum atomic E-state index is 12.3. The molecule has 2 heterocycles. The predicted octanol–water partition coefficient (Wildman–Crippen LogP) is 3.57. The van der Waals surface area contributed by atoms with E-state index in [2.05, 4.69) is 4.98 Å². The number of benzene rings is 1. The molecule has 0 bridgehead atoms. The number of likely N-dealkylation sites (tertiary alicyclic amines) is 1. The Morgan fingerprint density at radius 1 is 1.33 bits per heavy atom. The molecule has 0 saturated carbocycles. The lowest BCUT2D eigenvalue weighted by molar-refractivity contribution is -0.133. The molecule has 0 unspecified atom stereocenters. The third kappa shape index (κ3) is 4.16. The highest BCUT2D eigenvalue weighted by Gasteiger charge is 2.22. The number of piperidine rings is 1. The van der Waals surface area contributed by atoms with Gasteiger partial charge in [-0.05, 0) is 37.1 Å². The minimum Gasteiger partial charge on any atom is -0.441 e. The van der Waals surface area contributed by atoms with E-state index < -0.39 is 0 Å². The number of aromatic nitrogens is 1. The van der Waals surface area contributed by atoms with Crippen molar-refractivity contribution in [3.05, 3.63) is 41.4 Å². The van der Waals surface area contributed by atoms with Gasteiger partial charge in [-0.25, -0.2) is 4.98 Å². The van der Waals surface area contributed by atoms with Crippen molar-refractivity contribution in [3.8, 4) is 11.3 Å². The molecule has 0 radical (unpaired) electrons. The average Bonchev–Trinajstić information content (AvgIpc) is 3.09. The van der Waals surface area contributed by atoms with Crippen molar-refractivity contribution in [3.63, 3.8) is 0 Å². The van der Waals surface area contributed by atoms with Crippen molar-refractivity contribution in [2.45, 2.75) is 31.8 Å². The fourth-order valence-electron chi connectivity index (χ4n) is 2.89. The van der Waals surface area contributed by atoms with Gasteiger partial charge < -0.3 is 14.1 Å². The first-order valence-corrected chi connectivity index (χ1v) is 8.54. The van der Waals surface area contributed by atoms with Crippen molar-refractivity contribution in [1.29, 1.82) is 0 Å². The Hall–Kier alpha value is -1.85. The summed E-state index contributed by atoms with van der Waals surface area (Å²) < 4.78 is 11.1. The first-order valence-electron chi connectivity index (χ1n) is 8.17. The van der Waals surface area contributed by atoms with Gasteiger partial charge in [-0.3, -0.25) is 4.79 Å². The van der Waals surface area contributed by atoms with E-state index >= 15 is 0 Å². The quantitative estimate of drug-likeness (QED) is 0.829. The molecule has 1 saturated heterocycles. The monoisotopic (exact) mass is 348 g/mol. The summed E-state index contributed by atoms with van der Waals surface area (Å²) in [6.07, 6.45) is 4.70. The number of nitrogens with zero attached hydrogens (tertiary/aromatic N) is 2. The average molecular weight is 349 g/mol. The lowest BCUT2D eigenvalue weighted by atomic mass is 10.1. The van der Waals surface area contributed by atoms with Gasteiger partial charge in [0.15, 0.2) is 11.7 Å². The van der Waals surface area contributed by atoms with E-state index in [1.54, 1.807) is 13.3 Å². The summed E-state index contributed by atoms with van der Waals surface area (Å²) in [6.45, 7) is 1.53. The Kier molecular flexibility index (Phi) is 5.53. The van der Waals surface area contributed by atoms with Crippen molar-refractivity contribution in [2.75, 3.05) is 20.2 Å². The van der Waals surface area contributed by atoms with Crippen LogP contribution in [0.5, 0.6) is 0 Å². The topological polar surface area (TPSA) is 55.6 Å². The van der Waals surface area contributed by atoms with Crippen LogP contribution in [0.3, 0.4) is 0 Å². The van der Waals surface area contributed by atoms with Gasteiger partial charge in [0.25, 0.3) is 0 Å². The highest BCUT2D eigenvalue weighted by molar-refractivity contribution is 6.30. The highest BCUT2D eigenvalue weighted by Crippen LogP contribution is 2.23. The summed E-state index contributed by atoms with van der Waals surface area (Å²) in [6, 6.07) is 7.40. The number of amides is 1. The predicted molar refractivity (Wildman–Crippen MR) is 91.9 cm³/mol. The van der Waals surface area contributed by atoms with Crippen LogP contribution in [-0.2, 0) is 16.0 Å². The van der Waals surface area contributed by atoms with Crippen LogP contribution in [0, 0.1) is 0 Å².